The number of nitrogens with zero attached hydrogens (tertiary/aromatic N) is 1. The number of H-pyrrole nitrogens is 1. The molecule has 0 saturated carbocycles. The van der Waals surface area contributed by atoms with Crippen LogP contribution in [0.1, 0.15) is 22.9 Å². The molecule has 2 N–H and O–H groups in total. The van der Waals surface area contributed by atoms with Crippen LogP contribution in [0.5, 0.6) is 5.75 Å². The van der Waals surface area contributed by atoms with Crippen molar-refractivity contribution >= 4 is 16.9 Å². The Hall–Kier alpha value is -3.16. The molecule has 1 aliphatic rings. The third-order valence-corrected chi connectivity index (χ3v) is 5.19. The van der Waals surface area contributed by atoms with Crippen LogP contribution < -0.4 is 10.1 Å². The van der Waals surface area contributed by atoms with Gasteiger partial charge in [-0.05, 0) is 35.7 Å². The lowest BCUT2D eigenvalue weighted by Gasteiger charge is -2.36. The minimum Gasteiger partial charge on any atom is -0.497 e. The second-order valence-electron chi connectivity index (χ2n) is 6.96. The van der Waals surface area contributed by atoms with Gasteiger partial charge < -0.3 is 19.9 Å². The Balaban J connectivity index is 1.66. The smallest absolute Gasteiger partial charge is 0.414 e. The highest BCUT2D eigenvalue weighted by atomic mass is 19.4. The van der Waals surface area contributed by atoms with Gasteiger partial charge in [-0.25, -0.2) is 4.79 Å². The van der Waals surface area contributed by atoms with E-state index in [2.05, 4.69) is 10.3 Å². The Labute approximate surface area is 165 Å². The van der Waals surface area contributed by atoms with Crippen molar-refractivity contribution in [2.75, 3.05) is 13.7 Å². The molecule has 0 aliphatic carbocycles. The lowest BCUT2D eigenvalue weighted by Crippen LogP contribution is -2.50. The molecule has 1 atom stereocenters. The third kappa shape index (κ3) is 3.62. The Morgan fingerprint density at radius 2 is 2.00 bits per heavy atom. The molecule has 1 aliphatic heterocycles. The summed E-state index contributed by atoms with van der Waals surface area (Å²) < 4.78 is 47.2. The molecule has 152 valence electrons. The van der Waals surface area contributed by atoms with E-state index in [1.807, 2.05) is 18.2 Å². The molecule has 1 unspecified atom stereocenters. The van der Waals surface area contributed by atoms with Gasteiger partial charge in [0.1, 0.15) is 5.75 Å². The van der Waals surface area contributed by atoms with E-state index < -0.39 is 18.2 Å². The Bertz CT molecular complexity index is 1030. The number of carbonyl (C=O) groups excluding carboxylic acids is 1. The van der Waals surface area contributed by atoms with Crippen LogP contribution in [0.3, 0.4) is 0 Å². The van der Waals surface area contributed by atoms with E-state index >= 15 is 0 Å². The molecular weight excluding hydrogens is 383 g/mol. The molecule has 0 spiro atoms. The molecule has 0 saturated heterocycles. The average Bonchev–Trinajstić information content (AvgIpc) is 3.08. The third-order valence-electron chi connectivity index (χ3n) is 5.19. The van der Waals surface area contributed by atoms with Gasteiger partial charge in [0, 0.05) is 24.0 Å². The summed E-state index contributed by atoms with van der Waals surface area (Å²) in [5.41, 5.74) is 2.01. The number of carbonyl (C=O) groups is 1. The number of aromatic amines is 1. The van der Waals surface area contributed by atoms with Crippen molar-refractivity contribution in [2.24, 2.45) is 0 Å². The molecule has 2 aromatic carbocycles. The maximum absolute atomic E-state index is 14.0. The van der Waals surface area contributed by atoms with E-state index in [0.29, 0.717) is 28.6 Å². The number of ether oxygens (including phenoxy) is 1. The lowest BCUT2D eigenvalue weighted by atomic mass is 9.97. The molecule has 1 aromatic heterocycles. The van der Waals surface area contributed by atoms with Gasteiger partial charge in [0.05, 0.1) is 12.8 Å². The van der Waals surface area contributed by atoms with Crippen molar-refractivity contribution in [3.8, 4) is 5.75 Å². The molecular formula is C21H20F3N3O2. The Morgan fingerprint density at radius 1 is 1.24 bits per heavy atom. The van der Waals surface area contributed by atoms with E-state index in [4.69, 9.17) is 4.74 Å². The number of hydrogen-bond acceptors (Lipinski definition) is 2. The summed E-state index contributed by atoms with van der Waals surface area (Å²) in [5.74, 6) is 0.575. The van der Waals surface area contributed by atoms with E-state index in [0.717, 1.165) is 10.5 Å². The van der Waals surface area contributed by atoms with Crippen LogP contribution in [0.25, 0.3) is 10.9 Å². The summed E-state index contributed by atoms with van der Waals surface area (Å²) in [6, 6.07) is 11.4. The molecule has 2 heterocycles. The Morgan fingerprint density at radius 3 is 2.69 bits per heavy atom. The molecule has 0 bridgehead atoms. The fourth-order valence-corrected chi connectivity index (χ4v) is 3.83. The number of hydrogen-bond donors (Lipinski definition) is 2. The normalized spacial score (nSPS) is 16.6. The van der Waals surface area contributed by atoms with Crippen molar-refractivity contribution in [2.45, 2.75) is 25.2 Å². The maximum atomic E-state index is 14.0. The van der Waals surface area contributed by atoms with Crippen molar-refractivity contribution in [3.63, 3.8) is 0 Å². The van der Waals surface area contributed by atoms with Crippen LogP contribution in [0.2, 0.25) is 0 Å². The van der Waals surface area contributed by atoms with E-state index in [-0.39, 0.29) is 18.8 Å². The molecule has 4 rings (SSSR count). The van der Waals surface area contributed by atoms with Crippen LogP contribution in [0, 0.1) is 0 Å². The molecule has 2 amide bonds. The summed E-state index contributed by atoms with van der Waals surface area (Å²) in [7, 11) is 1.51. The second-order valence-corrected chi connectivity index (χ2v) is 6.96. The second kappa shape index (κ2) is 7.35. The summed E-state index contributed by atoms with van der Waals surface area (Å²) in [6.07, 6.45) is -4.28. The molecule has 0 radical (unpaired) electrons. The number of benzene rings is 2. The molecule has 0 fully saturated rings. The van der Waals surface area contributed by atoms with Crippen molar-refractivity contribution in [3.05, 3.63) is 65.4 Å². The first-order chi connectivity index (χ1) is 13.9. The highest BCUT2D eigenvalue weighted by Gasteiger charge is 2.50. The van der Waals surface area contributed by atoms with Crippen molar-refractivity contribution < 1.29 is 22.7 Å². The summed E-state index contributed by atoms with van der Waals surface area (Å²) in [5, 5.41) is 3.30. The highest BCUT2D eigenvalue weighted by molar-refractivity contribution is 5.87. The first kappa shape index (κ1) is 19.2. The van der Waals surface area contributed by atoms with Gasteiger partial charge >= 0.3 is 12.2 Å². The number of halogens is 3. The van der Waals surface area contributed by atoms with Crippen LogP contribution in [-0.2, 0) is 13.0 Å². The number of amides is 2. The zero-order valence-electron chi connectivity index (χ0n) is 15.7. The maximum Gasteiger partial charge on any atom is 0.414 e. The number of urea groups is 1. The summed E-state index contributed by atoms with van der Waals surface area (Å²) in [4.78, 5) is 16.4. The standard InChI is InChI=1S/C21H20F3N3O2/c1-29-14-7-8-17-16(11-14)15-9-10-27(19(18(15)26-17)21(22,23)24)20(28)25-12-13-5-3-2-4-6-13/h2-8,11,19,26H,9-10,12H2,1H3,(H,25,28). The van der Waals surface area contributed by atoms with Crippen molar-refractivity contribution in [1.82, 2.24) is 15.2 Å². The van der Waals surface area contributed by atoms with Gasteiger partial charge in [-0.3, -0.25) is 0 Å². The number of aromatic nitrogens is 1. The first-order valence-corrected chi connectivity index (χ1v) is 9.22. The van der Waals surface area contributed by atoms with Crippen LogP contribution in [0.4, 0.5) is 18.0 Å². The molecule has 5 nitrogen and oxygen atoms in total. The quantitative estimate of drug-likeness (QED) is 0.674. The monoisotopic (exact) mass is 403 g/mol. The first-order valence-electron chi connectivity index (χ1n) is 9.22. The van der Waals surface area contributed by atoms with E-state index in [1.54, 1.807) is 30.3 Å². The topological polar surface area (TPSA) is 57.4 Å². The highest BCUT2D eigenvalue weighted by Crippen LogP contribution is 2.44. The Kier molecular flexibility index (Phi) is 4.86. The van der Waals surface area contributed by atoms with Gasteiger partial charge in [-0.1, -0.05) is 30.3 Å². The van der Waals surface area contributed by atoms with Crippen molar-refractivity contribution in [1.29, 1.82) is 0 Å². The van der Waals surface area contributed by atoms with Crippen LogP contribution in [0.15, 0.2) is 48.5 Å². The number of nitrogens with one attached hydrogen (secondary N) is 2. The average molecular weight is 403 g/mol. The predicted octanol–water partition coefficient (Wildman–Crippen LogP) is 4.55. The van der Waals surface area contributed by atoms with Gasteiger partial charge in [0.25, 0.3) is 0 Å². The largest absolute Gasteiger partial charge is 0.497 e. The van der Waals surface area contributed by atoms with E-state index in [9.17, 15) is 18.0 Å². The molecule has 8 heteroatoms. The number of methoxy groups -OCH3 is 1. The van der Waals surface area contributed by atoms with Crippen LogP contribution in [-0.4, -0.2) is 35.7 Å². The van der Waals surface area contributed by atoms with Gasteiger partial charge in [0.15, 0.2) is 6.04 Å². The lowest BCUT2D eigenvalue weighted by molar-refractivity contribution is -0.181. The van der Waals surface area contributed by atoms with Gasteiger partial charge in [-0.2, -0.15) is 13.2 Å². The summed E-state index contributed by atoms with van der Waals surface area (Å²) >= 11 is 0. The zero-order valence-corrected chi connectivity index (χ0v) is 15.7. The predicted molar refractivity (Wildman–Crippen MR) is 103 cm³/mol. The van der Waals surface area contributed by atoms with Gasteiger partial charge in [-0.15, -0.1) is 0 Å². The minimum atomic E-state index is -4.61. The molecule has 3 aromatic rings. The zero-order chi connectivity index (χ0) is 20.6. The minimum absolute atomic E-state index is 0.0156. The van der Waals surface area contributed by atoms with Gasteiger partial charge in [0.2, 0.25) is 0 Å². The number of rotatable bonds is 3. The number of fused-ring (bicyclic) bond motifs is 3. The SMILES string of the molecule is COc1ccc2[nH]c3c(c2c1)CCN(C(=O)NCc1ccccc1)C3C(F)(F)F. The van der Waals surface area contributed by atoms with Crippen LogP contribution >= 0.6 is 0 Å². The summed E-state index contributed by atoms with van der Waals surface area (Å²) in [6.45, 7) is 0.138. The molecule has 29 heavy (non-hydrogen) atoms. The van der Waals surface area contributed by atoms with E-state index in [1.165, 1.54) is 7.11 Å². The number of alkyl halides is 3. The fraction of sp³-hybridized carbons (Fsp3) is 0.286. The fourth-order valence-electron chi connectivity index (χ4n) is 3.83.